The quantitative estimate of drug-likeness (QED) is 0.863. The molecule has 4 rings (SSSR count). The first kappa shape index (κ1) is 16.3. The fraction of sp³-hybridized carbons (Fsp3) is 0.500. The van der Waals surface area contributed by atoms with Crippen LogP contribution in [0.1, 0.15) is 46.3 Å². The molecule has 1 fully saturated rings. The third-order valence-corrected chi connectivity index (χ3v) is 5.93. The van der Waals surface area contributed by atoms with E-state index in [9.17, 15) is 9.59 Å². The molecule has 6 nitrogen and oxygen atoms in total. The summed E-state index contributed by atoms with van der Waals surface area (Å²) >= 11 is 1.59. The molecule has 2 aliphatic rings. The number of hydrogen-bond acceptors (Lipinski definition) is 4. The molecular weight excluding hydrogens is 336 g/mol. The fourth-order valence-electron chi connectivity index (χ4n) is 3.17. The highest BCUT2D eigenvalue weighted by atomic mass is 32.1. The van der Waals surface area contributed by atoms with E-state index in [0.29, 0.717) is 17.6 Å². The number of anilines is 1. The monoisotopic (exact) mass is 358 g/mol. The van der Waals surface area contributed by atoms with E-state index in [1.807, 2.05) is 6.07 Å². The lowest BCUT2D eigenvalue weighted by Gasteiger charge is -2.16. The zero-order valence-electron chi connectivity index (χ0n) is 14.2. The summed E-state index contributed by atoms with van der Waals surface area (Å²) in [5.74, 6) is 0.551. The van der Waals surface area contributed by atoms with Gasteiger partial charge in [-0.3, -0.25) is 14.3 Å². The normalized spacial score (nSPS) is 19.3. The number of nitrogens with one attached hydrogen (secondary N) is 2. The van der Waals surface area contributed by atoms with Gasteiger partial charge < -0.3 is 10.6 Å². The number of aryl methyl sites for hydroxylation is 1. The lowest BCUT2D eigenvalue weighted by Crippen LogP contribution is -2.29. The van der Waals surface area contributed by atoms with E-state index in [4.69, 9.17) is 0 Å². The van der Waals surface area contributed by atoms with Gasteiger partial charge in [0.1, 0.15) is 6.54 Å². The fourth-order valence-corrected chi connectivity index (χ4v) is 4.28. The van der Waals surface area contributed by atoms with E-state index in [1.165, 1.54) is 16.9 Å². The Morgan fingerprint density at radius 3 is 3.00 bits per heavy atom. The highest BCUT2D eigenvalue weighted by Crippen LogP contribution is 2.32. The molecule has 2 N–H and O–H groups in total. The molecule has 132 valence electrons. The van der Waals surface area contributed by atoms with E-state index in [2.05, 4.69) is 22.7 Å². The van der Waals surface area contributed by atoms with Crippen molar-refractivity contribution in [2.24, 2.45) is 5.92 Å². The number of amides is 2. The van der Waals surface area contributed by atoms with Gasteiger partial charge in [-0.2, -0.15) is 5.10 Å². The third kappa shape index (κ3) is 3.92. The lowest BCUT2D eigenvalue weighted by molar-refractivity contribution is -0.122. The first-order valence-corrected chi connectivity index (χ1v) is 9.63. The molecule has 0 unspecified atom stereocenters. The van der Waals surface area contributed by atoms with Gasteiger partial charge in [0.25, 0.3) is 5.91 Å². The second kappa shape index (κ2) is 6.63. The largest absolute Gasteiger partial charge is 0.352 e. The topological polar surface area (TPSA) is 76.0 Å². The van der Waals surface area contributed by atoms with Crippen molar-refractivity contribution in [2.75, 3.05) is 5.32 Å². The predicted octanol–water partition coefficient (Wildman–Crippen LogP) is 2.60. The van der Waals surface area contributed by atoms with Gasteiger partial charge in [0.15, 0.2) is 0 Å². The van der Waals surface area contributed by atoms with Crippen molar-refractivity contribution in [1.82, 2.24) is 15.1 Å². The van der Waals surface area contributed by atoms with Crippen molar-refractivity contribution >= 4 is 28.8 Å². The Balaban J connectivity index is 1.37. The maximum atomic E-state index is 12.5. The molecule has 0 bridgehead atoms. The Hall–Kier alpha value is -2.15. The summed E-state index contributed by atoms with van der Waals surface area (Å²) in [7, 11) is 0. The van der Waals surface area contributed by atoms with Crippen LogP contribution in [0.3, 0.4) is 0 Å². The van der Waals surface area contributed by atoms with Gasteiger partial charge in [-0.15, -0.1) is 11.3 Å². The molecule has 0 aromatic carbocycles. The highest BCUT2D eigenvalue weighted by molar-refractivity contribution is 7.14. The average Bonchev–Trinajstić information content (AvgIpc) is 3.10. The van der Waals surface area contributed by atoms with Crippen LogP contribution in [0.5, 0.6) is 0 Å². The minimum absolute atomic E-state index is 0.0384. The van der Waals surface area contributed by atoms with E-state index >= 15 is 0 Å². The van der Waals surface area contributed by atoms with Crippen LogP contribution in [0, 0.1) is 5.92 Å². The maximum Gasteiger partial charge on any atom is 0.265 e. The molecule has 0 radical (unpaired) electrons. The van der Waals surface area contributed by atoms with Crippen molar-refractivity contribution in [2.45, 2.75) is 51.6 Å². The van der Waals surface area contributed by atoms with Crippen LogP contribution < -0.4 is 10.6 Å². The summed E-state index contributed by atoms with van der Waals surface area (Å²) in [5, 5.41) is 9.96. The van der Waals surface area contributed by atoms with Crippen LogP contribution >= 0.6 is 11.3 Å². The Morgan fingerprint density at radius 2 is 2.20 bits per heavy atom. The lowest BCUT2D eigenvalue weighted by atomic mass is 9.90. The van der Waals surface area contributed by atoms with Gasteiger partial charge in [-0.1, -0.05) is 6.92 Å². The molecular formula is C18H22N4O2S. The third-order valence-electron chi connectivity index (χ3n) is 4.69. The number of aromatic nitrogens is 2. The summed E-state index contributed by atoms with van der Waals surface area (Å²) in [4.78, 5) is 26.4. The van der Waals surface area contributed by atoms with Crippen LogP contribution in [0.25, 0.3) is 0 Å². The molecule has 0 spiro atoms. The van der Waals surface area contributed by atoms with E-state index < -0.39 is 0 Å². The van der Waals surface area contributed by atoms with Crippen molar-refractivity contribution in [1.29, 1.82) is 0 Å². The van der Waals surface area contributed by atoms with Crippen LogP contribution in [0.15, 0.2) is 18.5 Å². The number of nitrogens with zero attached hydrogens (tertiary/aromatic N) is 2. The summed E-state index contributed by atoms with van der Waals surface area (Å²) in [6.07, 6.45) is 8.74. The summed E-state index contributed by atoms with van der Waals surface area (Å²) < 4.78 is 1.55. The SMILES string of the molecule is C[C@@H]1CCc2sc(C(=O)Nc3cnn(CC(=O)NC4CC4)c3)cc2C1. The van der Waals surface area contributed by atoms with Gasteiger partial charge in [0.2, 0.25) is 5.91 Å². The molecule has 2 heterocycles. The molecule has 1 atom stereocenters. The number of fused-ring (bicyclic) bond motifs is 1. The molecule has 25 heavy (non-hydrogen) atoms. The van der Waals surface area contributed by atoms with Crippen molar-refractivity contribution < 1.29 is 9.59 Å². The minimum Gasteiger partial charge on any atom is -0.352 e. The van der Waals surface area contributed by atoms with E-state index in [0.717, 1.165) is 30.6 Å². The van der Waals surface area contributed by atoms with E-state index in [-0.39, 0.29) is 18.4 Å². The zero-order valence-corrected chi connectivity index (χ0v) is 15.1. The standard InChI is InChI=1S/C18H22N4O2S/c1-11-2-5-15-12(6-11)7-16(25-15)18(24)21-14-8-19-22(9-14)10-17(23)20-13-3-4-13/h7-9,11,13H,2-6,10H2,1H3,(H,20,23)(H,21,24)/t11-/m1/s1. The summed E-state index contributed by atoms with van der Waals surface area (Å²) in [5.41, 5.74) is 1.94. The summed E-state index contributed by atoms with van der Waals surface area (Å²) in [6, 6.07) is 2.37. The Labute approximate surface area is 150 Å². The number of thiophene rings is 1. The van der Waals surface area contributed by atoms with Crippen molar-refractivity contribution in [3.8, 4) is 0 Å². The first-order valence-electron chi connectivity index (χ1n) is 8.81. The summed E-state index contributed by atoms with van der Waals surface area (Å²) in [6.45, 7) is 2.44. The molecule has 2 aromatic heterocycles. The molecule has 1 saturated carbocycles. The molecule has 0 aliphatic heterocycles. The zero-order chi connectivity index (χ0) is 17.4. The second-order valence-electron chi connectivity index (χ2n) is 7.13. The number of carbonyl (C=O) groups is 2. The average molecular weight is 358 g/mol. The Bertz CT molecular complexity index is 806. The molecule has 2 aromatic rings. The van der Waals surface area contributed by atoms with Crippen LogP contribution in [0.2, 0.25) is 0 Å². The van der Waals surface area contributed by atoms with Gasteiger partial charge in [-0.25, -0.2) is 0 Å². The number of carbonyl (C=O) groups excluding carboxylic acids is 2. The van der Waals surface area contributed by atoms with Crippen LogP contribution in [-0.4, -0.2) is 27.6 Å². The molecule has 2 aliphatic carbocycles. The Morgan fingerprint density at radius 1 is 1.36 bits per heavy atom. The van der Waals surface area contributed by atoms with Crippen molar-refractivity contribution in [3.05, 3.63) is 33.8 Å². The first-order chi connectivity index (χ1) is 12.1. The number of hydrogen-bond donors (Lipinski definition) is 2. The van der Waals surface area contributed by atoms with Gasteiger partial charge in [0.05, 0.1) is 16.8 Å². The Kier molecular flexibility index (Phi) is 4.33. The number of rotatable bonds is 5. The molecule has 7 heteroatoms. The van der Waals surface area contributed by atoms with Gasteiger partial charge >= 0.3 is 0 Å². The van der Waals surface area contributed by atoms with Crippen LogP contribution in [0.4, 0.5) is 5.69 Å². The second-order valence-corrected chi connectivity index (χ2v) is 8.27. The predicted molar refractivity (Wildman–Crippen MR) is 96.9 cm³/mol. The highest BCUT2D eigenvalue weighted by Gasteiger charge is 2.23. The smallest absolute Gasteiger partial charge is 0.265 e. The minimum atomic E-state index is -0.103. The maximum absolute atomic E-state index is 12.5. The van der Waals surface area contributed by atoms with Gasteiger partial charge in [-0.05, 0) is 49.7 Å². The van der Waals surface area contributed by atoms with Crippen molar-refractivity contribution in [3.63, 3.8) is 0 Å². The molecule has 0 saturated heterocycles. The van der Waals surface area contributed by atoms with Crippen LogP contribution in [-0.2, 0) is 24.2 Å². The van der Waals surface area contributed by atoms with E-state index in [1.54, 1.807) is 28.4 Å². The molecule has 2 amide bonds. The van der Waals surface area contributed by atoms with Gasteiger partial charge in [0, 0.05) is 17.1 Å².